The first-order chi connectivity index (χ1) is 9.09. The van der Waals surface area contributed by atoms with E-state index in [9.17, 15) is 0 Å². The maximum absolute atomic E-state index is 6.31. The van der Waals surface area contributed by atoms with Crippen molar-refractivity contribution < 1.29 is 4.74 Å². The molecule has 1 aromatic carbocycles. The molecule has 2 heterocycles. The number of ether oxygens (including phenoxy) is 1. The number of aromatic nitrogens is 2. The van der Waals surface area contributed by atoms with Gasteiger partial charge in [-0.3, -0.25) is 0 Å². The van der Waals surface area contributed by atoms with Gasteiger partial charge in [-0.2, -0.15) is 5.10 Å². The number of halogens is 3. The standard InChI is InChI=1S/C13H13BrClIN2O/c1-7-6-8-10(11(14)12(7)15)13(16)17-18(8)9-4-2-3-5-19-9/h6,9H,2-5H2,1H3. The fourth-order valence-electron chi connectivity index (χ4n) is 2.45. The van der Waals surface area contributed by atoms with Crippen LogP contribution in [-0.4, -0.2) is 16.4 Å². The predicted octanol–water partition coefficient (Wildman–Crippen LogP) is 5.06. The number of hydrogen-bond donors (Lipinski definition) is 0. The van der Waals surface area contributed by atoms with Crippen molar-refractivity contribution in [3.63, 3.8) is 0 Å². The highest BCUT2D eigenvalue weighted by molar-refractivity contribution is 14.1. The Labute approximate surface area is 138 Å². The molecule has 0 spiro atoms. The van der Waals surface area contributed by atoms with Gasteiger partial charge < -0.3 is 4.74 Å². The number of benzene rings is 1. The average Bonchev–Trinajstić information content (AvgIpc) is 2.74. The Morgan fingerprint density at radius 1 is 1.53 bits per heavy atom. The molecular weight excluding hydrogens is 442 g/mol. The molecule has 1 fully saturated rings. The summed E-state index contributed by atoms with van der Waals surface area (Å²) >= 11 is 12.1. The average molecular weight is 456 g/mol. The lowest BCUT2D eigenvalue weighted by molar-refractivity contribution is -0.0368. The summed E-state index contributed by atoms with van der Waals surface area (Å²) in [6.45, 7) is 2.83. The van der Waals surface area contributed by atoms with Crippen LogP contribution in [0.3, 0.4) is 0 Å². The largest absolute Gasteiger partial charge is 0.356 e. The number of hydrogen-bond acceptors (Lipinski definition) is 2. The van der Waals surface area contributed by atoms with Gasteiger partial charge in [0.15, 0.2) is 6.23 Å². The summed E-state index contributed by atoms with van der Waals surface area (Å²) in [6, 6.07) is 2.09. The van der Waals surface area contributed by atoms with E-state index in [4.69, 9.17) is 16.3 Å². The smallest absolute Gasteiger partial charge is 0.150 e. The van der Waals surface area contributed by atoms with E-state index >= 15 is 0 Å². The number of nitrogens with zero attached hydrogens (tertiary/aromatic N) is 2. The first-order valence-corrected chi connectivity index (χ1v) is 8.48. The Morgan fingerprint density at radius 2 is 2.32 bits per heavy atom. The Balaban J connectivity index is 2.21. The first-order valence-electron chi connectivity index (χ1n) is 6.23. The molecule has 1 saturated heterocycles. The quantitative estimate of drug-likeness (QED) is 0.562. The van der Waals surface area contributed by atoms with Crippen molar-refractivity contribution in [2.24, 2.45) is 0 Å². The van der Waals surface area contributed by atoms with Gasteiger partial charge in [-0.05, 0) is 76.3 Å². The van der Waals surface area contributed by atoms with Crippen molar-refractivity contribution in [1.82, 2.24) is 9.78 Å². The van der Waals surface area contributed by atoms with Crippen molar-refractivity contribution in [1.29, 1.82) is 0 Å². The van der Waals surface area contributed by atoms with Crippen LogP contribution in [0.5, 0.6) is 0 Å². The van der Waals surface area contributed by atoms with Crippen molar-refractivity contribution in [2.45, 2.75) is 32.4 Å². The van der Waals surface area contributed by atoms with Gasteiger partial charge >= 0.3 is 0 Å². The van der Waals surface area contributed by atoms with Crippen molar-refractivity contribution in [2.75, 3.05) is 6.61 Å². The molecule has 1 unspecified atom stereocenters. The summed E-state index contributed by atoms with van der Waals surface area (Å²) in [7, 11) is 0. The molecule has 0 saturated carbocycles. The molecule has 6 heteroatoms. The molecule has 2 aromatic rings. The summed E-state index contributed by atoms with van der Waals surface area (Å²) in [5.74, 6) is 0. The predicted molar refractivity (Wildman–Crippen MR) is 88.7 cm³/mol. The minimum Gasteiger partial charge on any atom is -0.356 e. The third-order valence-corrected chi connectivity index (χ3v) is 5.71. The summed E-state index contributed by atoms with van der Waals surface area (Å²) in [5.41, 5.74) is 2.14. The van der Waals surface area contributed by atoms with Crippen molar-refractivity contribution in [3.8, 4) is 0 Å². The van der Waals surface area contributed by atoms with E-state index in [1.165, 1.54) is 6.42 Å². The molecule has 1 aromatic heterocycles. The molecular formula is C13H13BrClIN2O. The molecule has 3 nitrogen and oxygen atoms in total. The lowest BCUT2D eigenvalue weighted by Crippen LogP contribution is -2.19. The highest BCUT2D eigenvalue weighted by Gasteiger charge is 2.22. The lowest BCUT2D eigenvalue weighted by Gasteiger charge is -2.23. The minimum absolute atomic E-state index is 0.0484. The van der Waals surface area contributed by atoms with Crippen LogP contribution in [0.15, 0.2) is 10.5 Å². The zero-order valence-corrected chi connectivity index (χ0v) is 14.9. The van der Waals surface area contributed by atoms with Crippen molar-refractivity contribution in [3.05, 3.63) is 24.8 Å². The highest BCUT2D eigenvalue weighted by atomic mass is 127. The van der Waals surface area contributed by atoms with Crippen LogP contribution < -0.4 is 0 Å². The number of aryl methyl sites for hydroxylation is 1. The van der Waals surface area contributed by atoms with Crippen LogP contribution in [0.25, 0.3) is 10.9 Å². The summed E-state index contributed by atoms with van der Waals surface area (Å²) in [6.07, 6.45) is 3.40. The van der Waals surface area contributed by atoms with Gasteiger partial charge in [0, 0.05) is 16.5 Å². The topological polar surface area (TPSA) is 27.1 Å². The van der Waals surface area contributed by atoms with Gasteiger partial charge in [0.05, 0.1) is 10.5 Å². The van der Waals surface area contributed by atoms with Crippen molar-refractivity contribution >= 4 is 61.0 Å². The van der Waals surface area contributed by atoms with Gasteiger partial charge in [0.25, 0.3) is 0 Å². The maximum atomic E-state index is 6.31. The van der Waals surface area contributed by atoms with Gasteiger partial charge in [0.1, 0.15) is 3.70 Å². The van der Waals surface area contributed by atoms with Crippen LogP contribution in [0.1, 0.15) is 31.1 Å². The van der Waals surface area contributed by atoms with E-state index in [1.807, 2.05) is 11.6 Å². The van der Waals surface area contributed by atoms with E-state index in [0.717, 1.165) is 49.1 Å². The fourth-order valence-corrected chi connectivity index (χ4v) is 4.45. The van der Waals surface area contributed by atoms with E-state index in [-0.39, 0.29) is 6.23 Å². The minimum atomic E-state index is 0.0484. The summed E-state index contributed by atoms with van der Waals surface area (Å²) in [5, 5.41) is 6.48. The van der Waals surface area contributed by atoms with E-state index in [2.05, 4.69) is 49.7 Å². The SMILES string of the molecule is Cc1cc2c(c(I)nn2C2CCCCO2)c(Br)c1Cl. The van der Waals surface area contributed by atoms with Crippen LogP contribution in [0.4, 0.5) is 0 Å². The molecule has 1 atom stereocenters. The molecule has 0 N–H and O–H groups in total. The molecule has 1 aliphatic rings. The van der Waals surface area contributed by atoms with Crippen LogP contribution in [-0.2, 0) is 4.74 Å². The second-order valence-corrected chi connectivity index (χ2v) is 6.96. The molecule has 0 amide bonds. The summed E-state index contributed by atoms with van der Waals surface area (Å²) in [4.78, 5) is 0. The molecule has 0 radical (unpaired) electrons. The third-order valence-electron chi connectivity index (χ3n) is 3.44. The van der Waals surface area contributed by atoms with Gasteiger partial charge in [-0.1, -0.05) is 11.6 Å². The van der Waals surface area contributed by atoms with E-state index in [0.29, 0.717) is 0 Å². The Hall–Kier alpha value is 0.150. The second-order valence-electron chi connectivity index (χ2n) is 4.77. The molecule has 3 rings (SSSR count). The fraction of sp³-hybridized carbons (Fsp3) is 0.462. The zero-order valence-electron chi connectivity index (χ0n) is 10.4. The van der Waals surface area contributed by atoms with Crippen LogP contribution in [0, 0.1) is 10.6 Å². The lowest BCUT2D eigenvalue weighted by atomic mass is 10.1. The molecule has 102 valence electrons. The maximum Gasteiger partial charge on any atom is 0.150 e. The summed E-state index contributed by atoms with van der Waals surface area (Å²) < 4.78 is 9.73. The number of fused-ring (bicyclic) bond motifs is 1. The Morgan fingerprint density at radius 3 is 3.00 bits per heavy atom. The van der Waals surface area contributed by atoms with E-state index in [1.54, 1.807) is 0 Å². The molecule has 19 heavy (non-hydrogen) atoms. The molecule has 1 aliphatic heterocycles. The highest BCUT2D eigenvalue weighted by Crippen LogP contribution is 2.38. The van der Waals surface area contributed by atoms with Gasteiger partial charge in [-0.25, -0.2) is 4.68 Å². The first kappa shape index (κ1) is 14.1. The van der Waals surface area contributed by atoms with Gasteiger partial charge in [-0.15, -0.1) is 0 Å². The Kier molecular flexibility index (Phi) is 4.08. The molecule has 0 aliphatic carbocycles. The number of rotatable bonds is 1. The second kappa shape index (κ2) is 5.50. The van der Waals surface area contributed by atoms with Crippen LogP contribution >= 0.6 is 50.1 Å². The van der Waals surface area contributed by atoms with E-state index < -0.39 is 0 Å². The molecule has 0 bridgehead atoms. The van der Waals surface area contributed by atoms with Crippen LogP contribution in [0.2, 0.25) is 5.02 Å². The zero-order chi connectivity index (χ0) is 13.6. The normalized spacial score (nSPS) is 20.1. The monoisotopic (exact) mass is 454 g/mol. The van der Waals surface area contributed by atoms with Gasteiger partial charge in [0.2, 0.25) is 0 Å². The Bertz CT molecular complexity index is 637. The third kappa shape index (κ3) is 2.43.